The normalized spacial score (nSPS) is 20.0. The largest absolute Gasteiger partial charge is 0.348 e. The molecule has 2 aliphatic rings. The van der Waals surface area contributed by atoms with Crippen LogP contribution in [0.5, 0.6) is 0 Å². The Kier molecular flexibility index (Phi) is 4.92. The van der Waals surface area contributed by atoms with Gasteiger partial charge in [-0.3, -0.25) is 19.3 Å². The van der Waals surface area contributed by atoms with Crippen LogP contribution in [0.2, 0.25) is 0 Å². The Labute approximate surface area is 165 Å². The van der Waals surface area contributed by atoms with E-state index in [2.05, 4.69) is 5.32 Å². The lowest BCUT2D eigenvalue weighted by Gasteiger charge is -2.30. The van der Waals surface area contributed by atoms with Crippen LogP contribution in [0.25, 0.3) is 10.8 Å². The molecule has 146 valence electrons. The molecule has 1 aliphatic carbocycles. The number of carbonyl (C=O) groups is 3. The van der Waals surface area contributed by atoms with E-state index in [-0.39, 0.29) is 36.7 Å². The standard InChI is InChI=1S/C23H26N2O3/c1-16(18-11-7-9-17-8-3-4-10-19(17)18)24-20(26)15-25-21(27)14-23(22(25)28)12-5-2-6-13-23/h3-4,7-11,16H,2,5-6,12-15H2,1H3,(H,24,26)/t16-/m1/s1. The third-order valence-electron chi connectivity index (χ3n) is 6.27. The number of likely N-dealkylation sites (tertiary alicyclic amines) is 1. The second-order valence-electron chi connectivity index (χ2n) is 8.16. The van der Waals surface area contributed by atoms with Gasteiger partial charge >= 0.3 is 0 Å². The predicted octanol–water partition coefficient (Wildman–Crippen LogP) is 3.73. The summed E-state index contributed by atoms with van der Waals surface area (Å²) in [5, 5.41) is 5.17. The highest BCUT2D eigenvalue weighted by atomic mass is 16.2. The minimum absolute atomic E-state index is 0.148. The number of amides is 3. The van der Waals surface area contributed by atoms with Gasteiger partial charge in [0.1, 0.15) is 6.54 Å². The van der Waals surface area contributed by atoms with Crippen LogP contribution < -0.4 is 5.32 Å². The van der Waals surface area contributed by atoms with Crippen LogP contribution in [0.15, 0.2) is 42.5 Å². The van der Waals surface area contributed by atoms with Crippen molar-refractivity contribution in [3.63, 3.8) is 0 Å². The first-order valence-electron chi connectivity index (χ1n) is 10.1. The van der Waals surface area contributed by atoms with Crippen molar-refractivity contribution in [2.45, 2.75) is 51.5 Å². The van der Waals surface area contributed by atoms with E-state index in [1.54, 1.807) is 0 Å². The fourth-order valence-corrected chi connectivity index (χ4v) is 4.78. The fourth-order valence-electron chi connectivity index (χ4n) is 4.78. The average Bonchev–Trinajstić information content (AvgIpc) is 2.92. The van der Waals surface area contributed by atoms with Gasteiger partial charge in [0.15, 0.2) is 0 Å². The van der Waals surface area contributed by atoms with Crippen molar-refractivity contribution in [2.75, 3.05) is 6.54 Å². The van der Waals surface area contributed by atoms with Crippen LogP contribution in [-0.2, 0) is 14.4 Å². The molecule has 3 amide bonds. The number of benzene rings is 2. The van der Waals surface area contributed by atoms with Crippen molar-refractivity contribution in [1.82, 2.24) is 10.2 Å². The molecule has 4 rings (SSSR count). The van der Waals surface area contributed by atoms with Crippen molar-refractivity contribution >= 4 is 28.5 Å². The van der Waals surface area contributed by atoms with Gasteiger partial charge in [0, 0.05) is 6.42 Å². The Morgan fingerprint density at radius 1 is 1.07 bits per heavy atom. The predicted molar refractivity (Wildman–Crippen MR) is 107 cm³/mol. The Bertz CT molecular complexity index is 925. The summed E-state index contributed by atoms with van der Waals surface area (Å²) in [5.41, 5.74) is 0.478. The summed E-state index contributed by atoms with van der Waals surface area (Å²) in [7, 11) is 0. The molecule has 0 radical (unpaired) electrons. The topological polar surface area (TPSA) is 66.5 Å². The van der Waals surface area contributed by atoms with E-state index in [1.165, 1.54) is 4.90 Å². The van der Waals surface area contributed by atoms with E-state index in [9.17, 15) is 14.4 Å². The Morgan fingerprint density at radius 2 is 1.79 bits per heavy atom. The molecule has 1 aliphatic heterocycles. The first kappa shape index (κ1) is 18.7. The van der Waals surface area contributed by atoms with Gasteiger partial charge in [-0.2, -0.15) is 0 Å². The lowest BCUT2D eigenvalue weighted by Crippen LogP contribution is -2.43. The van der Waals surface area contributed by atoms with E-state index in [1.807, 2.05) is 49.4 Å². The molecular formula is C23H26N2O3. The van der Waals surface area contributed by atoms with E-state index in [0.717, 1.165) is 48.4 Å². The number of nitrogens with zero attached hydrogens (tertiary/aromatic N) is 1. The summed E-state index contributed by atoms with van der Waals surface area (Å²) < 4.78 is 0. The molecule has 5 heteroatoms. The quantitative estimate of drug-likeness (QED) is 0.825. The summed E-state index contributed by atoms with van der Waals surface area (Å²) in [5.74, 6) is -0.653. The molecule has 1 saturated heterocycles. The smallest absolute Gasteiger partial charge is 0.240 e. The molecule has 5 nitrogen and oxygen atoms in total. The SMILES string of the molecule is C[C@@H](NC(=O)CN1C(=O)CC2(CCCCC2)C1=O)c1cccc2ccccc12. The number of hydrogen-bond acceptors (Lipinski definition) is 3. The maximum absolute atomic E-state index is 12.9. The number of nitrogens with one attached hydrogen (secondary N) is 1. The highest BCUT2D eigenvalue weighted by Gasteiger charge is 2.51. The van der Waals surface area contributed by atoms with Gasteiger partial charge in [-0.15, -0.1) is 0 Å². The zero-order chi connectivity index (χ0) is 19.7. The van der Waals surface area contributed by atoms with Crippen molar-refractivity contribution in [3.05, 3.63) is 48.0 Å². The van der Waals surface area contributed by atoms with Crippen LogP contribution in [-0.4, -0.2) is 29.2 Å². The number of hydrogen-bond donors (Lipinski definition) is 1. The highest BCUT2D eigenvalue weighted by molar-refractivity contribution is 6.08. The third-order valence-corrected chi connectivity index (χ3v) is 6.27. The van der Waals surface area contributed by atoms with Gasteiger partial charge < -0.3 is 5.32 Å². The number of imide groups is 1. The molecule has 0 bridgehead atoms. The number of rotatable bonds is 4. The molecule has 28 heavy (non-hydrogen) atoms. The minimum atomic E-state index is -0.545. The first-order chi connectivity index (χ1) is 13.5. The molecular weight excluding hydrogens is 352 g/mol. The molecule has 1 heterocycles. The molecule has 2 fully saturated rings. The summed E-state index contributed by atoms with van der Waals surface area (Å²) >= 11 is 0. The average molecular weight is 378 g/mol. The van der Waals surface area contributed by atoms with E-state index < -0.39 is 5.41 Å². The molecule has 1 saturated carbocycles. The van der Waals surface area contributed by atoms with Crippen LogP contribution in [0, 0.1) is 5.41 Å². The van der Waals surface area contributed by atoms with Crippen molar-refractivity contribution < 1.29 is 14.4 Å². The molecule has 1 atom stereocenters. The van der Waals surface area contributed by atoms with Crippen molar-refractivity contribution in [2.24, 2.45) is 5.41 Å². The zero-order valence-electron chi connectivity index (χ0n) is 16.2. The third kappa shape index (κ3) is 3.30. The molecule has 2 aromatic rings. The van der Waals surface area contributed by atoms with Crippen molar-refractivity contribution in [3.8, 4) is 0 Å². The van der Waals surface area contributed by atoms with E-state index in [0.29, 0.717) is 0 Å². The Hall–Kier alpha value is -2.69. The molecule has 1 spiro atoms. The Morgan fingerprint density at radius 3 is 2.57 bits per heavy atom. The summed E-state index contributed by atoms with van der Waals surface area (Å²) in [6, 6.07) is 13.8. The monoisotopic (exact) mass is 378 g/mol. The molecule has 0 unspecified atom stereocenters. The van der Waals surface area contributed by atoms with Crippen molar-refractivity contribution in [1.29, 1.82) is 0 Å². The van der Waals surface area contributed by atoms with Gasteiger partial charge in [0.05, 0.1) is 11.5 Å². The summed E-state index contributed by atoms with van der Waals surface area (Å²) in [4.78, 5) is 39.1. The van der Waals surface area contributed by atoms with Crippen LogP contribution in [0.3, 0.4) is 0 Å². The van der Waals surface area contributed by atoms with E-state index >= 15 is 0 Å². The molecule has 0 aromatic heterocycles. The zero-order valence-corrected chi connectivity index (χ0v) is 16.2. The molecule has 1 N–H and O–H groups in total. The molecule has 2 aromatic carbocycles. The minimum Gasteiger partial charge on any atom is -0.348 e. The lowest BCUT2D eigenvalue weighted by molar-refractivity contribution is -0.145. The maximum Gasteiger partial charge on any atom is 0.240 e. The van der Waals surface area contributed by atoms with Crippen LogP contribution >= 0.6 is 0 Å². The second-order valence-corrected chi connectivity index (χ2v) is 8.16. The van der Waals surface area contributed by atoms with E-state index in [4.69, 9.17) is 0 Å². The van der Waals surface area contributed by atoms with Gasteiger partial charge in [-0.25, -0.2) is 0 Å². The summed E-state index contributed by atoms with van der Waals surface area (Å²) in [6.07, 6.45) is 4.88. The Balaban J connectivity index is 1.45. The van der Waals surface area contributed by atoms with Gasteiger partial charge in [-0.1, -0.05) is 61.7 Å². The first-order valence-corrected chi connectivity index (χ1v) is 10.1. The number of fused-ring (bicyclic) bond motifs is 1. The van der Waals surface area contributed by atoms with Crippen LogP contribution in [0.1, 0.15) is 57.1 Å². The maximum atomic E-state index is 12.9. The second kappa shape index (κ2) is 7.38. The van der Waals surface area contributed by atoms with Gasteiger partial charge in [0.2, 0.25) is 17.7 Å². The summed E-state index contributed by atoms with van der Waals surface area (Å²) in [6.45, 7) is 1.74. The van der Waals surface area contributed by atoms with Gasteiger partial charge in [-0.05, 0) is 36.1 Å². The fraction of sp³-hybridized carbons (Fsp3) is 0.435. The lowest BCUT2D eigenvalue weighted by atomic mass is 9.73. The highest BCUT2D eigenvalue weighted by Crippen LogP contribution is 2.45. The number of carbonyl (C=O) groups excluding carboxylic acids is 3. The van der Waals surface area contributed by atoms with Crippen LogP contribution in [0.4, 0.5) is 0 Å². The van der Waals surface area contributed by atoms with Gasteiger partial charge in [0.25, 0.3) is 0 Å².